The Morgan fingerprint density at radius 3 is 1.91 bits per heavy atom. The first-order valence-electron chi connectivity index (χ1n) is 2.66. The van der Waals surface area contributed by atoms with Crippen molar-refractivity contribution >= 4 is 18.2 Å². The number of hydrogen-bond donors (Lipinski definition) is 0. The van der Waals surface area contributed by atoms with Gasteiger partial charge in [-0.3, -0.25) is 0 Å². The monoisotopic (exact) mass is 192 g/mol. The lowest BCUT2D eigenvalue weighted by Crippen LogP contribution is -1.78. The van der Waals surface area contributed by atoms with Gasteiger partial charge in [0.15, 0.2) is 0 Å². The first kappa shape index (κ1) is 10.4. The van der Waals surface area contributed by atoms with E-state index in [1.165, 1.54) is 5.41 Å². The van der Waals surface area contributed by atoms with Crippen LogP contribution in [0.3, 0.4) is 0 Å². The van der Waals surface area contributed by atoms with Gasteiger partial charge in [-0.05, 0) is 5.41 Å². The minimum atomic E-state index is -3.16. The zero-order valence-corrected chi connectivity index (χ0v) is 7.64. The molecule has 0 aliphatic carbocycles. The molecule has 0 rings (SSSR count). The third-order valence-electron chi connectivity index (χ3n) is 0.611. The third kappa shape index (κ3) is 3.96. The molecule has 0 aliphatic rings. The lowest BCUT2D eigenvalue weighted by molar-refractivity contribution is 0.350. The van der Waals surface area contributed by atoms with Crippen LogP contribution >= 0.6 is 18.2 Å². The molecule has 0 radical (unpaired) electrons. The van der Waals surface area contributed by atoms with Crippen molar-refractivity contribution < 1.29 is 13.6 Å². The zero-order valence-electron chi connectivity index (χ0n) is 5.93. The minimum absolute atomic E-state index is 0.860. The smallest absolute Gasteiger partial charge is 0.417 e. The fourth-order valence-electron chi connectivity index (χ4n) is 0.348. The van der Waals surface area contributed by atoms with Gasteiger partial charge in [-0.25, -0.2) is 4.57 Å². The summed E-state index contributed by atoms with van der Waals surface area (Å²) in [5.74, 6) is 0. The summed E-state index contributed by atoms with van der Waals surface area (Å²) in [6, 6.07) is 0. The summed E-state index contributed by atoms with van der Waals surface area (Å²) < 4.78 is 20.6. The van der Waals surface area contributed by atoms with Crippen molar-refractivity contribution in [2.75, 3.05) is 0 Å². The quantitative estimate of drug-likeness (QED) is 0.477. The van der Waals surface area contributed by atoms with Crippen LogP contribution in [-0.4, -0.2) is 0 Å². The van der Waals surface area contributed by atoms with Crippen LogP contribution in [-0.2, 0) is 13.6 Å². The van der Waals surface area contributed by atoms with Gasteiger partial charge < -0.3 is 9.05 Å². The van der Waals surface area contributed by atoms with Crippen LogP contribution in [0.4, 0.5) is 0 Å². The SMILES string of the molecule is C=COP(=O)(OC=C)SC=C. The number of hydrogen-bond acceptors (Lipinski definition) is 4. The number of rotatable bonds is 6. The van der Waals surface area contributed by atoms with E-state index >= 15 is 0 Å². The molecule has 0 heterocycles. The van der Waals surface area contributed by atoms with Crippen LogP contribution in [0.2, 0.25) is 0 Å². The molecule has 0 aromatic carbocycles. The van der Waals surface area contributed by atoms with E-state index in [4.69, 9.17) is 0 Å². The van der Waals surface area contributed by atoms with Gasteiger partial charge in [0, 0.05) is 11.4 Å². The highest BCUT2D eigenvalue weighted by Crippen LogP contribution is 2.61. The maximum atomic E-state index is 11.3. The second-order valence-electron chi connectivity index (χ2n) is 1.26. The molecule has 0 N–H and O–H groups in total. The van der Waals surface area contributed by atoms with E-state index in [0.29, 0.717) is 0 Å². The summed E-state index contributed by atoms with van der Waals surface area (Å²) >= 11 is 0.860. The molecule has 0 saturated carbocycles. The molecule has 0 unspecified atom stereocenters. The standard InChI is InChI=1S/C6H9O3PS/c1-4-8-10(7,9-5-2)11-6-3/h4-6H,1-3H2. The van der Waals surface area contributed by atoms with Crippen molar-refractivity contribution in [3.05, 3.63) is 37.7 Å². The molecule has 0 spiro atoms. The summed E-state index contributed by atoms with van der Waals surface area (Å²) in [7, 11) is 0. The van der Waals surface area contributed by atoms with Crippen molar-refractivity contribution in [3.63, 3.8) is 0 Å². The largest absolute Gasteiger partial charge is 0.495 e. The van der Waals surface area contributed by atoms with Gasteiger partial charge in [0.25, 0.3) is 0 Å². The van der Waals surface area contributed by atoms with Gasteiger partial charge >= 0.3 is 6.80 Å². The Morgan fingerprint density at radius 2 is 1.64 bits per heavy atom. The van der Waals surface area contributed by atoms with E-state index in [-0.39, 0.29) is 0 Å². The van der Waals surface area contributed by atoms with E-state index in [2.05, 4.69) is 28.8 Å². The topological polar surface area (TPSA) is 35.5 Å². The van der Waals surface area contributed by atoms with Gasteiger partial charge in [-0.1, -0.05) is 19.7 Å². The van der Waals surface area contributed by atoms with E-state index in [9.17, 15) is 4.57 Å². The van der Waals surface area contributed by atoms with Crippen LogP contribution in [0.1, 0.15) is 0 Å². The van der Waals surface area contributed by atoms with Crippen molar-refractivity contribution in [2.24, 2.45) is 0 Å². The Kier molecular flexibility index (Phi) is 4.83. The predicted octanol–water partition coefficient (Wildman–Crippen LogP) is 3.29. The molecular weight excluding hydrogens is 183 g/mol. The minimum Gasteiger partial charge on any atom is -0.417 e. The van der Waals surface area contributed by atoms with Crippen molar-refractivity contribution in [3.8, 4) is 0 Å². The van der Waals surface area contributed by atoms with Crippen LogP contribution < -0.4 is 0 Å². The summed E-state index contributed by atoms with van der Waals surface area (Å²) in [4.78, 5) is 0. The molecule has 11 heavy (non-hydrogen) atoms. The van der Waals surface area contributed by atoms with Crippen LogP contribution in [0.25, 0.3) is 0 Å². The fraction of sp³-hybridized carbons (Fsp3) is 0. The Hall–Kier alpha value is -0.600. The molecule has 0 aromatic heterocycles. The van der Waals surface area contributed by atoms with E-state index < -0.39 is 6.80 Å². The van der Waals surface area contributed by atoms with Gasteiger partial charge in [0.1, 0.15) is 0 Å². The van der Waals surface area contributed by atoms with Gasteiger partial charge in [-0.15, -0.1) is 0 Å². The van der Waals surface area contributed by atoms with Crippen LogP contribution in [0.5, 0.6) is 0 Å². The maximum absolute atomic E-state index is 11.3. The highest BCUT2D eigenvalue weighted by Gasteiger charge is 2.23. The third-order valence-corrected chi connectivity index (χ3v) is 3.57. The molecule has 0 bridgehead atoms. The lowest BCUT2D eigenvalue weighted by Gasteiger charge is -2.10. The molecule has 0 atom stereocenters. The molecule has 0 aliphatic heterocycles. The summed E-state index contributed by atoms with van der Waals surface area (Å²) in [5.41, 5.74) is 0. The maximum Gasteiger partial charge on any atom is 0.495 e. The average Bonchev–Trinajstić information content (AvgIpc) is 1.88. The van der Waals surface area contributed by atoms with Crippen LogP contribution in [0, 0.1) is 0 Å². The fourth-order valence-corrected chi connectivity index (χ4v) is 2.26. The second-order valence-corrected chi connectivity index (χ2v) is 5.10. The molecule has 0 fully saturated rings. The highest BCUT2D eigenvalue weighted by atomic mass is 32.7. The molecular formula is C6H9O3PS. The molecule has 5 heteroatoms. The van der Waals surface area contributed by atoms with Gasteiger partial charge in [0.2, 0.25) is 0 Å². The average molecular weight is 192 g/mol. The Labute approximate surface area is 70.1 Å². The van der Waals surface area contributed by atoms with Crippen LogP contribution in [0.15, 0.2) is 37.7 Å². The van der Waals surface area contributed by atoms with Crippen molar-refractivity contribution in [1.29, 1.82) is 0 Å². The molecule has 3 nitrogen and oxygen atoms in total. The Bertz CT molecular complexity index is 169. The highest BCUT2D eigenvalue weighted by molar-refractivity contribution is 8.56. The Morgan fingerprint density at radius 1 is 1.18 bits per heavy atom. The summed E-state index contributed by atoms with van der Waals surface area (Å²) in [5, 5.41) is 1.37. The normalized spacial score (nSPS) is 9.82. The summed E-state index contributed by atoms with van der Waals surface area (Å²) in [6.07, 6.45) is 2.11. The van der Waals surface area contributed by atoms with E-state index in [0.717, 1.165) is 23.9 Å². The molecule has 0 amide bonds. The van der Waals surface area contributed by atoms with E-state index in [1.807, 2.05) is 0 Å². The second kappa shape index (κ2) is 5.10. The first-order valence-corrected chi connectivity index (χ1v) is 5.69. The van der Waals surface area contributed by atoms with Gasteiger partial charge in [-0.2, -0.15) is 0 Å². The summed E-state index contributed by atoms with van der Waals surface area (Å²) in [6.45, 7) is 6.72. The molecule has 0 saturated heterocycles. The molecule has 62 valence electrons. The zero-order chi connectivity index (χ0) is 8.74. The van der Waals surface area contributed by atoms with E-state index in [1.54, 1.807) is 0 Å². The van der Waals surface area contributed by atoms with Crippen molar-refractivity contribution in [1.82, 2.24) is 0 Å². The Balaban J connectivity index is 4.22. The molecule has 0 aromatic rings. The first-order chi connectivity index (χ1) is 5.18. The van der Waals surface area contributed by atoms with Gasteiger partial charge in [0.05, 0.1) is 12.5 Å². The lowest BCUT2D eigenvalue weighted by atomic mass is 11.2. The van der Waals surface area contributed by atoms with Crippen molar-refractivity contribution in [2.45, 2.75) is 0 Å². The predicted molar refractivity (Wildman–Crippen MR) is 48.0 cm³/mol.